The van der Waals surface area contributed by atoms with Crippen molar-refractivity contribution in [2.75, 3.05) is 0 Å². The van der Waals surface area contributed by atoms with E-state index in [1.807, 2.05) is 0 Å². The molecule has 0 bridgehead atoms. The lowest BCUT2D eigenvalue weighted by molar-refractivity contribution is 0.0755. The second-order valence-electron chi connectivity index (χ2n) is 4.45. The molecule has 0 spiro atoms. The van der Waals surface area contributed by atoms with E-state index in [4.69, 9.17) is 4.55 Å². The number of fused-ring (bicyclic) bond motifs is 1. The van der Waals surface area contributed by atoms with E-state index < -0.39 is 22.1 Å². The molecule has 2 amide bonds. The van der Waals surface area contributed by atoms with Gasteiger partial charge in [-0.2, -0.15) is 8.42 Å². The molecule has 0 fully saturated rings. The molecule has 0 radical (unpaired) electrons. The molecule has 0 aromatic heterocycles. The van der Waals surface area contributed by atoms with Gasteiger partial charge in [0.2, 0.25) is 0 Å². The van der Waals surface area contributed by atoms with Gasteiger partial charge in [-0.3, -0.25) is 14.1 Å². The summed E-state index contributed by atoms with van der Waals surface area (Å²) in [6.07, 6.45) is 0. The van der Waals surface area contributed by atoms with Crippen molar-refractivity contribution >= 4 is 22.1 Å². The second kappa shape index (κ2) is 4.51. The molecule has 0 saturated carbocycles. The van der Waals surface area contributed by atoms with Crippen LogP contribution in [0.1, 0.15) is 20.7 Å². The van der Waals surface area contributed by atoms with Crippen molar-refractivity contribution in [2.45, 2.75) is 0 Å². The molecule has 0 unspecified atom stereocenters. The summed E-state index contributed by atoms with van der Waals surface area (Å²) in [6, 6.07) is 13.3. The minimum absolute atomic E-state index is 0.0219. The predicted molar refractivity (Wildman–Crippen MR) is 73.9 cm³/mol. The van der Waals surface area contributed by atoms with Gasteiger partial charge < -0.3 is 0 Å². The highest BCUT2D eigenvalue weighted by atomic mass is 32.2. The third kappa shape index (κ3) is 2.03. The van der Waals surface area contributed by atoms with Crippen LogP contribution in [0.3, 0.4) is 0 Å². The smallest absolute Gasteiger partial charge is 0.269 e. The van der Waals surface area contributed by atoms with Gasteiger partial charge in [0, 0.05) is 0 Å². The largest absolute Gasteiger partial charge is 0.369 e. The Morgan fingerprint density at radius 3 is 2.05 bits per heavy atom. The maximum atomic E-state index is 12.2. The fourth-order valence-electron chi connectivity index (χ4n) is 2.33. The number of amides is 2. The fraction of sp³-hybridized carbons (Fsp3) is 0. The van der Waals surface area contributed by atoms with Crippen LogP contribution in [0.25, 0.3) is 11.1 Å². The van der Waals surface area contributed by atoms with Crippen molar-refractivity contribution in [3.8, 4) is 11.1 Å². The quantitative estimate of drug-likeness (QED) is 0.674. The fourth-order valence-corrected chi connectivity index (χ4v) is 2.94. The molecular weight excluding hydrogens is 294 g/mol. The van der Waals surface area contributed by atoms with Crippen LogP contribution in [0, 0.1) is 0 Å². The highest BCUT2D eigenvalue weighted by molar-refractivity contribution is 7.84. The molecule has 0 saturated heterocycles. The van der Waals surface area contributed by atoms with Crippen LogP contribution in [0.5, 0.6) is 0 Å². The first kappa shape index (κ1) is 13.5. The monoisotopic (exact) mass is 303 g/mol. The molecule has 0 atom stereocenters. The zero-order valence-electron chi connectivity index (χ0n) is 10.6. The summed E-state index contributed by atoms with van der Waals surface area (Å²) in [6.45, 7) is 0. The number of carbonyl (C=O) groups excluding carboxylic acids is 2. The third-order valence-corrected chi connectivity index (χ3v) is 3.99. The Bertz CT molecular complexity index is 858. The van der Waals surface area contributed by atoms with Crippen molar-refractivity contribution in [3.05, 3.63) is 59.7 Å². The van der Waals surface area contributed by atoms with E-state index in [1.165, 1.54) is 6.07 Å². The molecule has 6 nitrogen and oxygen atoms in total. The van der Waals surface area contributed by atoms with Crippen LogP contribution < -0.4 is 0 Å². The van der Waals surface area contributed by atoms with E-state index in [1.54, 1.807) is 42.5 Å². The normalized spacial score (nSPS) is 14.4. The van der Waals surface area contributed by atoms with E-state index >= 15 is 0 Å². The van der Waals surface area contributed by atoms with Gasteiger partial charge in [-0.15, -0.1) is 4.31 Å². The molecular formula is C14H9NO5S. The molecule has 1 aliphatic heterocycles. The first-order valence-corrected chi connectivity index (χ1v) is 7.36. The van der Waals surface area contributed by atoms with E-state index in [0.717, 1.165) is 0 Å². The van der Waals surface area contributed by atoms with Gasteiger partial charge in [0.1, 0.15) is 0 Å². The Hall–Kier alpha value is -2.51. The summed E-state index contributed by atoms with van der Waals surface area (Å²) in [5, 5.41) is 0. The second-order valence-corrected chi connectivity index (χ2v) is 5.71. The molecule has 1 heterocycles. The topological polar surface area (TPSA) is 91.8 Å². The first-order chi connectivity index (χ1) is 9.91. The number of hydrogen-bond acceptors (Lipinski definition) is 4. The lowest BCUT2D eigenvalue weighted by Gasteiger charge is -2.08. The Morgan fingerprint density at radius 1 is 0.810 bits per heavy atom. The van der Waals surface area contributed by atoms with Gasteiger partial charge in [0.15, 0.2) is 0 Å². The zero-order chi connectivity index (χ0) is 15.2. The zero-order valence-corrected chi connectivity index (χ0v) is 11.4. The highest BCUT2D eigenvalue weighted by Gasteiger charge is 2.44. The lowest BCUT2D eigenvalue weighted by atomic mass is 9.97. The number of rotatable bonds is 2. The van der Waals surface area contributed by atoms with E-state index in [9.17, 15) is 18.0 Å². The summed E-state index contributed by atoms with van der Waals surface area (Å²) in [5.41, 5.74) is 1.05. The SMILES string of the molecule is O=C1c2cccc(-c3ccccc3)c2C(=O)N1S(=O)(=O)O. The summed E-state index contributed by atoms with van der Waals surface area (Å²) in [7, 11) is -4.93. The molecule has 1 N–H and O–H groups in total. The van der Waals surface area contributed by atoms with Crippen LogP contribution in [0.4, 0.5) is 0 Å². The predicted octanol–water partition coefficient (Wildman–Crippen LogP) is 1.75. The summed E-state index contributed by atoms with van der Waals surface area (Å²) in [4.78, 5) is 24.2. The highest BCUT2D eigenvalue weighted by Crippen LogP contribution is 2.33. The maximum Gasteiger partial charge on any atom is 0.369 e. The lowest BCUT2D eigenvalue weighted by Crippen LogP contribution is -2.35. The van der Waals surface area contributed by atoms with Crippen LogP contribution in [-0.4, -0.2) is 29.1 Å². The van der Waals surface area contributed by atoms with Crippen LogP contribution in [-0.2, 0) is 10.3 Å². The molecule has 3 rings (SSSR count). The van der Waals surface area contributed by atoms with Gasteiger partial charge in [-0.25, -0.2) is 0 Å². The molecule has 2 aromatic carbocycles. The van der Waals surface area contributed by atoms with Gasteiger partial charge >= 0.3 is 10.3 Å². The molecule has 0 aliphatic carbocycles. The first-order valence-electron chi connectivity index (χ1n) is 5.96. The van der Waals surface area contributed by atoms with Crippen molar-refractivity contribution in [1.82, 2.24) is 4.31 Å². The van der Waals surface area contributed by atoms with E-state index in [-0.39, 0.29) is 15.4 Å². The molecule has 2 aromatic rings. The molecule has 1 aliphatic rings. The summed E-state index contributed by atoms with van der Waals surface area (Å²) in [5.74, 6) is -2.09. The number of hydrogen-bond donors (Lipinski definition) is 1. The van der Waals surface area contributed by atoms with Crippen LogP contribution in [0.2, 0.25) is 0 Å². The minimum atomic E-state index is -4.93. The van der Waals surface area contributed by atoms with E-state index in [0.29, 0.717) is 11.1 Å². The van der Waals surface area contributed by atoms with Crippen molar-refractivity contribution in [3.63, 3.8) is 0 Å². The molecule has 7 heteroatoms. The Kier molecular flexibility index (Phi) is 2.89. The minimum Gasteiger partial charge on any atom is -0.269 e. The maximum absolute atomic E-state index is 12.2. The molecule has 21 heavy (non-hydrogen) atoms. The van der Waals surface area contributed by atoms with Gasteiger partial charge in [0.05, 0.1) is 11.1 Å². The van der Waals surface area contributed by atoms with Crippen molar-refractivity contribution in [2.24, 2.45) is 0 Å². The van der Waals surface area contributed by atoms with Crippen molar-refractivity contribution < 1.29 is 22.6 Å². The Balaban J connectivity index is 2.26. The van der Waals surface area contributed by atoms with Gasteiger partial charge in [-0.05, 0) is 17.2 Å². The van der Waals surface area contributed by atoms with Gasteiger partial charge in [0.25, 0.3) is 11.8 Å². The molecule has 106 valence electrons. The average Bonchev–Trinajstić information content (AvgIpc) is 2.71. The summed E-state index contributed by atoms with van der Waals surface area (Å²) < 4.78 is 31.3. The van der Waals surface area contributed by atoms with Gasteiger partial charge in [-0.1, -0.05) is 42.5 Å². The number of imide groups is 1. The standard InChI is InChI=1S/C14H9NO5S/c16-13-11-8-4-7-10(9-5-2-1-3-6-9)12(11)14(17)15(13)21(18,19)20/h1-8H,(H,18,19,20). The number of benzene rings is 2. The number of nitrogens with zero attached hydrogens (tertiary/aromatic N) is 1. The van der Waals surface area contributed by atoms with E-state index in [2.05, 4.69) is 0 Å². The van der Waals surface area contributed by atoms with Crippen LogP contribution >= 0.6 is 0 Å². The number of carbonyl (C=O) groups is 2. The summed E-state index contributed by atoms with van der Waals surface area (Å²) >= 11 is 0. The third-order valence-electron chi connectivity index (χ3n) is 3.19. The Morgan fingerprint density at radius 2 is 1.43 bits per heavy atom. The Labute approximate surface area is 120 Å². The average molecular weight is 303 g/mol. The van der Waals surface area contributed by atoms with Crippen molar-refractivity contribution in [1.29, 1.82) is 0 Å². The van der Waals surface area contributed by atoms with Crippen LogP contribution in [0.15, 0.2) is 48.5 Å².